The summed E-state index contributed by atoms with van der Waals surface area (Å²) in [5.41, 5.74) is 1.79. The fraction of sp³-hybridized carbons (Fsp3) is 0.417. The molecule has 2 aromatic rings. The van der Waals surface area contributed by atoms with Crippen molar-refractivity contribution in [2.45, 2.75) is 58.5 Å². The molecule has 0 aliphatic heterocycles. The Bertz CT molecular complexity index is 762. The number of halogens is 1. The average Bonchev–Trinajstić information content (AvgIpc) is 2.75. The summed E-state index contributed by atoms with van der Waals surface area (Å²) in [5, 5.41) is 3.00. The summed E-state index contributed by atoms with van der Waals surface area (Å²) in [6.07, 6.45) is 3.79. The van der Waals surface area contributed by atoms with Gasteiger partial charge in [0.05, 0.1) is 0 Å². The van der Waals surface area contributed by atoms with E-state index in [1.807, 2.05) is 30.3 Å². The van der Waals surface area contributed by atoms with Crippen LogP contribution in [0.2, 0.25) is 0 Å². The highest BCUT2D eigenvalue weighted by Crippen LogP contribution is 2.16. The number of hydrogen-bond donors (Lipinski definition) is 1. The van der Waals surface area contributed by atoms with Crippen molar-refractivity contribution in [1.82, 2.24) is 10.2 Å². The number of nitrogens with one attached hydrogen (secondary N) is 1. The van der Waals surface area contributed by atoms with Crippen LogP contribution in [0.3, 0.4) is 0 Å². The van der Waals surface area contributed by atoms with Crippen LogP contribution in [0.25, 0.3) is 0 Å². The zero-order valence-electron chi connectivity index (χ0n) is 17.4. The Morgan fingerprint density at radius 1 is 0.966 bits per heavy atom. The fourth-order valence-corrected chi connectivity index (χ4v) is 3.25. The van der Waals surface area contributed by atoms with Gasteiger partial charge in [-0.15, -0.1) is 0 Å². The first kappa shape index (κ1) is 22.6. The molecule has 2 rings (SSSR count). The van der Waals surface area contributed by atoms with E-state index in [1.54, 1.807) is 24.0 Å². The number of amides is 2. The third-order valence-electron chi connectivity index (χ3n) is 4.92. The molecule has 0 spiro atoms. The zero-order chi connectivity index (χ0) is 21.1. The van der Waals surface area contributed by atoms with Crippen LogP contribution in [-0.4, -0.2) is 29.3 Å². The lowest BCUT2D eigenvalue weighted by atomic mass is 10.0. The van der Waals surface area contributed by atoms with Gasteiger partial charge in [0.1, 0.15) is 11.9 Å². The van der Waals surface area contributed by atoms with Gasteiger partial charge in [-0.25, -0.2) is 4.39 Å². The third-order valence-corrected chi connectivity index (χ3v) is 4.92. The number of carbonyl (C=O) groups excluding carboxylic acids is 2. The Morgan fingerprint density at radius 3 is 2.28 bits per heavy atom. The summed E-state index contributed by atoms with van der Waals surface area (Å²) in [5.74, 6) is -0.565. The van der Waals surface area contributed by atoms with Gasteiger partial charge >= 0.3 is 0 Å². The Morgan fingerprint density at radius 2 is 1.66 bits per heavy atom. The first-order valence-corrected chi connectivity index (χ1v) is 10.4. The van der Waals surface area contributed by atoms with E-state index in [0.717, 1.165) is 30.4 Å². The molecule has 0 heterocycles. The van der Waals surface area contributed by atoms with Crippen molar-refractivity contribution < 1.29 is 14.0 Å². The van der Waals surface area contributed by atoms with E-state index in [-0.39, 0.29) is 24.2 Å². The SMILES string of the molecule is CCCCCNC(=O)[C@@H](Cc1ccccc1)N(Cc1ccc(F)cc1)C(=O)CC. The molecule has 0 unspecified atom stereocenters. The standard InChI is InChI=1S/C24H31FN2O2/c1-3-5-9-16-26-24(29)22(17-19-10-7-6-8-11-19)27(23(28)4-2)18-20-12-14-21(25)15-13-20/h6-8,10-15,22H,3-5,9,16-18H2,1-2H3,(H,26,29)/t22-/m1/s1. The molecule has 4 nitrogen and oxygen atoms in total. The molecular formula is C24H31FN2O2. The lowest BCUT2D eigenvalue weighted by Gasteiger charge is -2.31. The van der Waals surface area contributed by atoms with E-state index in [0.29, 0.717) is 19.4 Å². The molecule has 0 saturated heterocycles. The molecule has 156 valence electrons. The van der Waals surface area contributed by atoms with Gasteiger partial charge in [-0.1, -0.05) is 69.2 Å². The molecule has 2 amide bonds. The fourth-order valence-electron chi connectivity index (χ4n) is 3.25. The number of hydrogen-bond acceptors (Lipinski definition) is 2. The van der Waals surface area contributed by atoms with Crippen molar-refractivity contribution >= 4 is 11.8 Å². The van der Waals surface area contributed by atoms with Gasteiger partial charge in [-0.05, 0) is 29.7 Å². The molecular weight excluding hydrogens is 367 g/mol. The highest BCUT2D eigenvalue weighted by Gasteiger charge is 2.29. The molecule has 29 heavy (non-hydrogen) atoms. The number of benzene rings is 2. The van der Waals surface area contributed by atoms with Crippen LogP contribution in [-0.2, 0) is 22.6 Å². The molecule has 0 bridgehead atoms. The minimum atomic E-state index is -0.614. The van der Waals surface area contributed by atoms with Gasteiger partial charge in [-0.2, -0.15) is 0 Å². The quantitative estimate of drug-likeness (QED) is 0.567. The van der Waals surface area contributed by atoms with Gasteiger partial charge in [0.15, 0.2) is 0 Å². The highest BCUT2D eigenvalue weighted by atomic mass is 19.1. The van der Waals surface area contributed by atoms with Gasteiger partial charge in [0, 0.05) is 25.9 Å². The molecule has 0 aliphatic rings. The van der Waals surface area contributed by atoms with Gasteiger partial charge in [-0.3, -0.25) is 9.59 Å². The number of unbranched alkanes of at least 4 members (excludes halogenated alkanes) is 2. The van der Waals surface area contributed by atoms with E-state index in [4.69, 9.17) is 0 Å². The van der Waals surface area contributed by atoms with Crippen molar-refractivity contribution in [3.63, 3.8) is 0 Å². The predicted octanol–water partition coefficient (Wildman–Crippen LogP) is 4.48. The topological polar surface area (TPSA) is 49.4 Å². The number of rotatable bonds is 11. The van der Waals surface area contributed by atoms with E-state index >= 15 is 0 Å². The van der Waals surface area contributed by atoms with Crippen molar-refractivity contribution in [2.75, 3.05) is 6.54 Å². The summed E-state index contributed by atoms with van der Waals surface area (Å²) in [6.45, 7) is 4.78. The van der Waals surface area contributed by atoms with Crippen molar-refractivity contribution in [3.8, 4) is 0 Å². The molecule has 0 aromatic heterocycles. The van der Waals surface area contributed by atoms with E-state index in [2.05, 4.69) is 12.2 Å². The lowest BCUT2D eigenvalue weighted by molar-refractivity contribution is -0.141. The summed E-state index contributed by atoms with van der Waals surface area (Å²) in [7, 11) is 0. The first-order chi connectivity index (χ1) is 14.0. The van der Waals surface area contributed by atoms with Crippen LogP contribution in [0, 0.1) is 5.82 Å². The molecule has 5 heteroatoms. The molecule has 1 N–H and O–H groups in total. The number of carbonyl (C=O) groups is 2. The van der Waals surface area contributed by atoms with Crippen LogP contribution in [0.15, 0.2) is 54.6 Å². The van der Waals surface area contributed by atoms with Crippen LogP contribution < -0.4 is 5.32 Å². The first-order valence-electron chi connectivity index (χ1n) is 10.4. The zero-order valence-corrected chi connectivity index (χ0v) is 17.4. The van der Waals surface area contributed by atoms with Crippen LogP contribution in [0.5, 0.6) is 0 Å². The van der Waals surface area contributed by atoms with Crippen molar-refractivity contribution in [2.24, 2.45) is 0 Å². The minimum absolute atomic E-state index is 0.0982. The average molecular weight is 399 g/mol. The van der Waals surface area contributed by atoms with E-state index < -0.39 is 6.04 Å². The summed E-state index contributed by atoms with van der Waals surface area (Å²) < 4.78 is 13.3. The Kier molecular flexibility index (Phi) is 9.35. The van der Waals surface area contributed by atoms with Crippen molar-refractivity contribution in [3.05, 3.63) is 71.5 Å². The van der Waals surface area contributed by atoms with Crippen LogP contribution >= 0.6 is 0 Å². The minimum Gasteiger partial charge on any atom is -0.354 e. The maximum atomic E-state index is 13.3. The van der Waals surface area contributed by atoms with Crippen LogP contribution in [0.1, 0.15) is 50.7 Å². The second-order valence-electron chi connectivity index (χ2n) is 7.21. The maximum absolute atomic E-state index is 13.3. The molecule has 0 aliphatic carbocycles. The monoisotopic (exact) mass is 398 g/mol. The molecule has 1 atom stereocenters. The summed E-state index contributed by atoms with van der Waals surface area (Å²) in [4.78, 5) is 27.4. The van der Waals surface area contributed by atoms with E-state index in [1.165, 1.54) is 12.1 Å². The second-order valence-corrected chi connectivity index (χ2v) is 7.21. The predicted molar refractivity (Wildman–Crippen MR) is 114 cm³/mol. The van der Waals surface area contributed by atoms with Gasteiger partial charge < -0.3 is 10.2 Å². The van der Waals surface area contributed by atoms with Gasteiger partial charge in [0.25, 0.3) is 0 Å². The molecule has 0 radical (unpaired) electrons. The van der Waals surface area contributed by atoms with Crippen molar-refractivity contribution in [1.29, 1.82) is 0 Å². The Labute approximate surface area is 173 Å². The van der Waals surface area contributed by atoms with Gasteiger partial charge in [0.2, 0.25) is 11.8 Å². The smallest absolute Gasteiger partial charge is 0.243 e. The normalized spacial score (nSPS) is 11.7. The van der Waals surface area contributed by atoms with E-state index in [9.17, 15) is 14.0 Å². The second kappa shape index (κ2) is 12.0. The molecule has 0 fully saturated rings. The van der Waals surface area contributed by atoms with Crippen LogP contribution in [0.4, 0.5) is 4.39 Å². The Balaban J connectivity index is 2.25. The summed E-state index contributed by atoms with van der Waals surface area (Å²) in [6, 6.07) is 15.2. The largest absolute Gasteiger partial charge is 0.354 e. The molecule has 2 aromatic carbocycles. The number of nitrogens with zero attached hydrogens (tertiary/aromatic N) is 1. The third kappa shape index (κ3) is 7.33. The Hall–Kier alpha value is -2.69. The maximum Gasteiger partial charge on any atom is 0.243 e. The summed E-state index contributed by atoms with van der Waals surface area (Å²) >= 11 is 0. The molecule has 0 saturated carbocycles. The highest BCUT2D eigenvalue weighted by molar-refractivity contribution is 5.87. The lowest BCUT2D eigenvalue weighted by Crippen LogP contribution is -2.50.